The summed E-state index contributed by atoms with van der Waals surface area (Å²) < 4.78 is 0. The highest BCUT2D eigenvalue weighted by Crippen LogP contribution is 2.36. The van der Waals surface area contributed by atoms with Crippen molar-refractivity contribution in [3.63, 3.8) is 0 Å². The van der Waals surface area contributed by atoms with Crippen LogP contribution in [-0.2, 0) is 4.79 Å². The van der Waals surface area contributed by atoms with Crippen LogP contribution in [0.5, 0.6) is 0 Å². The second-order valence-electron chi connectivity index (χ2n) is 3.58. The van der Waals surface area contributed by atoms with Gasteiger partial charge in [-0.3, -0.25) is 4.79 Å². The number of hydrogen-bond acceptors (Lipinski definition) is 2. The molecule has 2 fully saturated rings. The highest BCUT2D eigenvalue weighted by atomic mass is 16.2. The number of carbonyl (C=O) groups is 1. The Bertz CT molecular complexity index is 181. The molecule has 0 aromatic rings. The van der Waals surface area contributed by atoms with Crippen LogP contribution in [0.1, 0.15) is 19.3 Å². The van der Waals surface area contributed by atoms with Crippen LogP contribution in [-0.4, -0.2) is 29.9 Å². The second-order valence-corrected chi connectivity index (χ2v) is 3.58. The third-order valence-corrected chi connectivity index (χ3v) is 2.90. The molecule has 2 atom stereocenters. The quantitative estimate of drug-likeness (QED) is 0.576. The minimum absolute atomic E-state index is 0.136. The van der Waals surface area contributed by atoms with E-state index in [0.29, 0.717) is 6.04 Å². The van der Waals surface area contributed by atoms with Crippen molar-refractivity contribution in [2.24, 2.45) is 11.7 Å². The summed E-state index contributed by atoms with van der Waals surface area (Å²) in [6, 6.07) is 0.538. The number of carbonyl (C=O) groups excluding carboxylic acids is 1. The van der Waals surface area contributed by atoms with Gasteiger partial charge in [-0.25, -0.2) is 0 Å². The maximum absolute atomic E-state index is 11.2. The predicted molar refractivity (Wildman–Crippen MR) is 41.9 cm³/mol. The van der Waals surface area contributed by atoms with E-state index < -0.39 is 0 Å². The highest BCUT2D eigenvalue weighted by molar-refractivity contribution is 5.78. The van der Waals surface area contributed by atoms with Crippen molar-refractivity contribution >= 4 is 5.91 Å². The Morgan fingerprint density at radius 2 is 2.36 bits per heavy atom. The molecule has 2 aliphatic rings. The van der Waals surface area contributed by atoms with Gasteiger partial charge in [0.15, 0.2) is 0 Å². The number of rotatable bonds is 1. The summed E-state index contributed by atoms with van der Waals surface area (Å²) in [5, 5.41) is 0. The summed E-state index contributed by atoms with van der Waals surface area (Å²) >= 11 is 0. The number of fused-ring (bicyclic) bond motifs is 2. The zero-order valence-electron chi connectivity index (χ0n) is 6.62. The molecule has 0 radical (unpaired) electrons. The SMILES string of the molecule is NCC(=O)N1C[C@H]2CC[C@H]1C2. The first-order valence-electron chi connectivity index (χ1n) is 4.31. The first kappa shape index (κ1) is 7.10. The summed E-state index contributed by atoms with van der Waals surface area (Å²) in [5.74, 6) is 0.924. The normalized spacial score (nSPS) is 34.8. The van der Waals surface area contributed by atoms with Crippen LogP contribution in [0.3, 0.4) is 0 Å². The van der Waals surface area contributed by atoms with Crippen LogP contribution in [0.15, 0.2) is 0 Å². The molecule has 0 aromatic heterocycles. The van der Waals surface area contributed by atoms with E-state index in [1.165, 1.54) is 19.3 Å². The number of piperidine rings is 1. The Hall–Kier alpha value is -0.570. The average molecular weight is 154 g/mol. The molecular formula is C8H14N2O. The number of likely N-dealkylation sites (tertiary alicyclic amines) is 1. The monoisotopic (exact) mass is 154 g/mol. The van der Waals surface area contributed by atoms with Crippen molar-refractivity contribution in [1.29, 1.82) is 0 Å². The van der Waals surface area contributed by atoms with Crippen molar-refractivity contribution in [3.05, 3.63) is 0 Å². The summed E-state index contributed by atoms with van der Waals surface area (Å²) in [7, 11) is 0. The fourth-order valence-corrected chi connectivity index (χ4v) is 2.35. The Kier molecular flexibility index (Phi) is 1.60. The minimum atomic E-state index is 0.136. The molecule has 3 heteroatoms. The Morgan fingerprint density at radius 3 is 2.82 bits per heavy atom. The summed E-state index contributed by atoms with van der Waals surface area (Å²) in [4.78, 5) is 13.2. The molecule has 1 amide bonds. The molecule has 2 rings (SSSR count). The van der Waals surface area contributed by atoms with Crippen LogP contribution in [0.25, 0.3) is 0 Å². The van der Waals surface area contributed by atoms with Gasteiger partial charge in [0.25, 0.3) is 0 Å². The predicted octanol–water partition coefficient (Wildman–Crippen LogP) is -0.0440. The van der Waals surface area contributed by atoms with Gasteiger partial charge in [-0.15, -0.1) is 0 Å². The van der Waals surface area contributed by atoms with Gasteiger partial charge < -0.3 is 10.6 Å². The molecular weight excluding hydrogens is 140 g/mol. The lowest BCUT2D eigenvalue weighted by atomic mass is 10.1. The largest absolute Gasteiger partial charge is 0.338 e. The molecule has 1 saturated heterocycles. The molecule has 3 nitrogen and oxygen atoms in total. The van der Waals surface area contributed by atoms with E-state index in [2.05, 4.69) is 0 Å². The molecule has 0 unspecified atom stereocenters. The van der Waals surface area contributed by atoms with E-state index in [1.54, 1.807) is 0 Å². The van der Waals surface area contributed by atoms with Gasteiger partial charge in [0, 0.05) is 12.6 Å². The van der Waals surface area contributed by atoms with Crippen LogP contribution < -0.4 is 5.73 Å². The number of nitrogens with two attached hydrogens (primary N) is 1. The third-order valence-electron chi connectivity index (χ3n) is 2.90. The van der Waals surface area contributed by atoms with Gasteiger partial charge in [-0.1, -0.05) is 0 Å². The first-order chi connectivity index (χ1) is 5.31. The summed E-state index contributed by atoms with van der Waals surface area (Å²) in [5.41, 5.74) is 5.29. The average Bonchev–Trinajstić information content (AvgIpc) is 2.62. The maximum atomic E-state index is 11.2. The van der Waals surface area contributed by atoms with E-state index in [0.717, 1.165) is 12.5 Å². The second kappa shape index (κ2) is 2.48. The van der Waals surface area contributed by atoms with E-state index >= 15 is 0 Å². The van der Waals surface area contributed by atoms with Crippen LogP contribution in [0.4, 0.5) is 0 Å². The number of hydrogen-bond donors (Lipinski definition) is 1. The molecule has 1 aliphatic heterocycles. The van der Waals surface area contributed by atoms with E-state index in [4.69, 9.17) is 5.73 Å². The smallest absolute Gasteiger partial charge is 0.236 e. The van der Waals surface area contributed by atoms with Crippen LogP contribution in [0.2, 0.25) is 0 Å². The van der Waals surface area contributed by atoms with Gasteiger partial charge >= 0.3 is 0 Å². The zero-order valence-corrected chi connectivity index (χ0v) is 6.62. The van der Waals surface area contributed by atoms with Crippen molar-refractivity contribution in [1.82, 2.24) is 4.90 Å². The number of nitrogens with zero attached hydrogens (tertiary/aromatic N) is 1. The molecule has 1 aliphatic carbocycles. The van der Waals surface area contributed by atoms with Gasteiger partial charge in [0.2, 0.25) is 5.91 Å². The molecule has 2 bridgehead atoms. The Morgan fingerprint density at radius 1 is 1.55 bits per heavy atom. The van der Waals surface area contributed by atoms with Crippen LogP contribution >= 0.6 is 0 Å². The lowest BCUT2D eigenvalue weighted by Gasteiger charge is -2.26. The topological polar surface area (TPSA) is 46.3 Å². The summed E-state index contributed by atoms with van der Waals surface area (Å²) in [6.45, 7) is 1.16. The van der Waals surface area contributed by atoms with Gasteiger partial charge in [0.05, 0.1) is 6.54 Å². The van der Waals surface area contributed by atoms with E-state index in [-0.39, 0.29) is 12.5 Å². The lowest BCUT2D eigenvalue weighted by Crippen LogP contribution is -2.41. The zero-order chi connectivity index (χ0) is 7.84. The number of amides is 1. The molecule has 11 heavy (non-hydrogen) atoms. The Balaban J connectivity index is 2.02. The van der Waals surface area contributed by atoms with Gasteiger partial charge in [0.1, 0.15) is 0 Å². The third kappa shape index (κ3) is 1.03. The van der Waals surface area contributed by atoms with Crippen molar-refractivity contribution in [3.8, 4) is 0 Å². The molecule has 1 heterocycles. The van der Waals surface area contributed by atoms with E-state index in [1.807, 2.05) is 4.90 Å². The lowest BCUT2D eigenvalue weighted by molar-refractivity contribution is -0.131. The van der Waals surface area contributed by atoms with Crippen molar-refractivity contribution < 1.29 is 4.79 Å². The molecule has 62 valence electrons. The first-order valence-corrected chi connectivity index (χ1v) is 4.31. The molecule has 0 aromatic carbocycles. The summed E-state index contributed by atoms with van der Waals surface area (Å²) in [6.07, 6.45) is 3.75. The highest BCUT2D eigenvalue weighted by Gasteiger charge is 2.39. The standard InChI is InChI=1S/C8H14N2O/c9-4-8(11)10-5-6-1-2-7(10)3-6/h6-7H,1-5,9H2/t6-,7-/m0/s1. The fraction of sp³-hybridized carbons (Fsp3) is 0.875. The minimum Gasteiger partial charge on any atom is -0.338 e. The van der Waals surface area contributed by atoms with Crippen molar-refractivity contribution in [2.75, 3.05) is 13.1 Å². The van der Waals surface area contributed by atoms with Crippen LogP contribution in [0, 0.1) is 5.92 Å². The Labute approximate surface area is 66.5 Å². The van der Waals surface area contributed by atoms with Gasteiger partial charge in [-0.2, -0.15) is 0 Å². The maximum Gasteiger partial charge on any atom is 0.236 e. The fourth-order valence-electron chi connectivity index (χ4n) is 2.35. The van der Waals surface area contributed by atoms with E-state index in [9.17, 15) is 4.79 Å². The molecule has 2 N–H and O–H groups in total. The van der Waals surface area contributed by atoms with Crippen molar-refractivity contribution in [2.45, 2.75) is 25.3 Å². The van der Waals surface area contributed by atoms with Gasteiger partial charge in [-0.05, 0) is 25.2 Å². The molecule has 0 spiro atoms. The molecule has 1 saturated carbocycles.